The van der Waals surface area contributed by atoms with Crippen LogP contribution in [0.15, 0.2) is 0 Å². The second-order valence-electron chi connectivity index (χ2n) is 4.57. The van der Waals surface area contributed by atoms with Crippen molar-refractivity contribution in [1.29, 1.82) is 0 Å². The summed E-state index contributed by atoms with van der Waals surface area (Å²) in [5.41, 5.74) is 4.28. The van der Waals surface area contributed by atoms with Crippen molar-refractivity contribution in [2.45, 2.75) is 45.2 Å². The lowest BCUT2D eigenvalue weighted by Gasteiger charge is -2.26. The van der Waals surface area contributed by atoms with Gasteiger partial charge in [-0.25, -0.2) is 0 Å². The molecule has 1 atom stereocenters. The highest BCUT2D eigenvalue weighted by atomic mass is 16.4. The van der Waals surface area contributed by atoms with Gasteiger partial charge in [-0.15, -0.1) is 0 Å². The highest BCUT2D eigenvalue weighted by Gasteiger charge is 2.31. The zero-order chi connectivity index (χ0) is 14.3. The Morgan fingerprint density at radius 1 is 1.33 bits per heavy atom. The van der Waals surface area contributed by atoms with Crippen molar-refractivity contribution >= 4 is 17.8 Å². The number of carboxylic acid groups (broad SMARTS) is 1. The van der Waals surface area contributed by atoms with Crippen LogP contribution in [0, 0.1) is 0 Å². The average molecular weight is 259 g/mol. The molecule has 0 fully saturated rings. The minimum absolute atomic E-state index is 0.333. The lowest BCUT2D eigenvalue weighted by atomic mass is 10.0. The fourth-order valence-corrected chi connectivity index (χ4v) is 1.20. The number of hydrogen-bond donors (Lipinski definition) is 4. The predicted molar refractivity (Wildman–Crippen MR) is 65.8 cm³/mol. The van der Waals surface area contributed by atoms with E-state index in [2.05, 4.69) is 10.6 Å². The van der Waals surface area contributed by atoms with Gasteiger partial charge in [0, 0.05) is 6.54 Å². The van der Waals surface area contributed by atoms with E-state index in [1.54, 1.807) is 0 Å². The molecule has 0 spiro atoms. The summed E-state index contributed by atoms with van der Waals surface area (Å²) in [6.45, 7) is 5.49. The minimum Gasteiger partial charge on any atom is -0.481 e. The molecule has 0 bridgehead atoms. The largest absolute Gasteiger partial charge is 0.481 e. The van der Waals surface area contributed by atoms with Crippen molar-refractivity contribution in [3.63, 3.8) is 0 Å². The second kappa shape index (κ2) is 6.95. The smallest absolute Gasteiger partial charge is 0.305 e. The Labute approximate surface area is 106 Å². The summed E-state index contributed by atoms with van der Waals surface area (Å²) in [4.78, 5) is 33.7. The number of amides is 2. The van der Waals surface area contributed by atoms with Crippen LogP contribution in [0.4, 0.5) is 0 Å². The van der Waals surface area contributed by atoms with Gasteiger partial charge in [-0.1, -0.05) is 6.92 Å². The molecule has 0 saturated heterocycles. The highest BCUT2D eigenvalue weighted by Crippen LogP contribution is 2.03. The third-order valence-corrected chi connectivity index (χ3v) is 2.27. The molecular formula is C11H21N3O4. The van der Waals surface area contributed by atoms with Crippen LogP contribution in [0.1, 0.15) is 33.6 Å². The molecule has 0 saturated carbocycles. The molecule has 0 aliphatic rings. The maximum absolute atomic E-state index is 11.7. The van der Waals surface area contributed by atoms with Crippen LogP contribution < -0.4 is 16.4 Å². The van der Waals surface area contributed by atoms with Crippen molar-refractivity contribution in [2.24, 2.45) is 5.73 Å². The Morgan fingerprint density at radius 2 is 1.89 bits per heavy atom. The third-order valence-electron chi connectivity index (χ3n) is 2.27. The summed E-state index contributed by atoms with van der Waals surface area (Å²) in [6, 6.07) is -1.17. The molecule has 2 amide bonds. The molecule has 0 aromatic rings. The first-order chi connectivity index (χ1) is 8.20. The van der Waals surface area contributed by atoms with Crippen molar-refractivity contribution in [3.05, 3.63) is 0 Å². The maximum atomic E-state index is 11.7. The number of rotatable bonds is 7. The van der Waals surface area contributed by atoms with Gasteiger partial charge in [0.25, 0.3) is 0 Å². The lowest BCUT2D eigenvalue weighted by Crippen LogP contribution is -2.58. The number of hydrogen-bond acceptors (Lipinski definition) is 4. The third kappa shape index (κ3) is 5.62. The first kappa shape index (κ1) is 16.4. The molecule has 0 radical (unpaired) electrons. The van der Waals surface area contributed by atoms with Crippen LogP contribution in [0.5, 0.6) is 0 Å². The van der Waals surface area contributed by atoms with E-state index in [9.17, 15) is 14.4 Å². The van der Waals surface area contributed by atoms with E-state index in [0.29, 0.717) is 6.54 Å². The Kier molecular flexibility index (Phi) is 6.32. The molecule has 0 aromatic carbocycles. The van der Waals surface area contributed by atoms with Crippen molar-refractivity contribution < 1.29 is 19.5 Å². The molecule has 0 aliphatic heterocycles. The number of nitrogens with one attached hydrogen (secondary N) is 2. The monoisotopic (exact) mass is 259 g/mol. The SMILES string of the molecule is CCCNC(=O)C(C)(C)NC(=O)C(N)CC(=O)O. The quantitative estimate of drug-likeness (QED) is 0.477. The molecule has 0 aliphatic carbocycles. The Balaban J connectivity index is 4.42. The summed E-state index contributed by atoms with van der Waals surface area (Å²) >= 11 is 0. The van der Waals surface area contributed by atoms with Crippen LogP contribution >= 0.6 is 0 Å². The first-order valence-corrected chi connectivity index (χ1v) is 5.78. The molecule has 0 heterocycles. The number of carbonyl (C=O) groups excluding carboxylic acids is 2. The highest BCUT2D eigenvalue weighted by molar-refractivity contribution is 5.93. The average Bonchev–Trinajstić information content (AvgIpc) is 2.24. The standard InChI is InChI=1S/C11H21N3O4/c1-4-5-13-10(18)11(2,3)14-9(17)7(12)6-8(15)16/h7H,4-6,12H2,1-3H3,(H,13,18)(H,14,17)(H,15,16). The summed E-state index contributed by atoms with van der Waals surface area (Å²) in [5.74, 6) is -2.15. The van der Waals surface area contributed by atoms with Crippen molar-refractivity contribution in [1.82, 2.24) is 10.6 Å². The van der Waals surface area contributed by atoms with E-state index in [1.807, 2.05) is 6.92 Å². The van der Waals surface area contributed by atoms with Crippen LogP contribution in [-0.2, 0) is 14.4 Å². The molecule has 1 unspecified atom stereocenters. The summed E-state index contributed by atoms with van der Waals surface area (Å²) in [5, 5.41) is 13.6. The van der Waals surface area contributed by atoms with Gasteiger partial charge in [0.1, 0.15) is 5.54 Å². The number of carbonyl (C=O) groups is 3. The minimum atomic E-state index is -1.17. The zero-order valence-corrected chi connectivity index (χ0v) is 10.9. The Morgan fingerprint density at radius 3 is 2.33 bits per heavy atom. The Bertz CT molecular complexity index is 328. The van der Waals surface area contributed by atoms with E-state index < -0.39 is 29.9 Å². The zero-order valence-electron chi connectivity index (χ0n) is 10.9. The summed E-state index contributed by atoms with van der Waals surface area (Å²) < 4.78 is 0. The van der Waals surface area contributed by atoms with E-state index in [4.69, 9.17) is 10.8 Å². The van der Waals surface area contributed by atoms with Gasteiger partial charge < -0.3 is 21.5 Å². The topological polar surface area (TPSA) is 122 Å². The fraction of sp³-hybridized carbons (Fsp3) is 0.727. The molecule has 5 N–H and O–H groups in total. The number of carboxylic acids is 1. The van der Waals surface area contributed by atoms with Gasteiger partial charge in [-0.05, 0) is 20.3 Å². The van der Waals surface area contributed by atoms with E-state index >= 15 is 0 Å². The van der Waals surface area contributed by atoms with E-state index in [1.165, 1.54) is 13.8 Å². The molecule has 7 nitrogen and oxygen atoms in total. The van der Waals surface area contributed by atoms with Gasteiger partial charge in [-0.3, -0.25) is 14.4 Å². The van der Waals surface area contributed by atoms with E-state index in [0.717, 1.165) is 6.42 Å². The molecule has 7 heteroatoms. The molecule has 18 heavy (non-hydrogen) atoms. The fourth-order valence-electron chi connectivity index (χ4n) is 1.20. The summed E-state index contributed by atoms with van der Waals surface area (Å²) in [7, 11) is 0. The Hall–Kier alpha value is -1.63. The summed E-state index contributed by atoms with van der Waals surface area (Å²) in [6.07, 6.45) is 0.312. The van der Waals surface area contributed by atoms with Crippen molar-refractivity contribution in [2.75, 3.05) is 6.54 Å². The lowest BCUT2D eigenvalue weighted by molar-refractivity contribution is -0.140. The van der Waals surface area contributed by atoms with Crippen LogP contribution in [0.25, 0.3) is 0 Å². The van der Waals surface area contributed by atoms with Gasteiger partial charge in [0.2, 0.25) is 11.8 Å². The van der Waals surface area contributed by atoms with Gasteiger partial charge in [0.05, 0.1) is 12.5 Å². The first-order valence-electron chi connectivity index (χ1n) is 5.78. The van der Waals surface area contributed by atoms with Crippen LogP contribution in [-0.4, -0.2) is 41.0 Å². The van der Waals surface area contributed by atoms with Crippen molar-refractivity contribution in [3.8, 4) is 0 Å². The molecule has 104 valence electrons. The normalized spacial score (nSPS) is 12.7. The molecule has 0 rings (SSSR count). The number of aliphatic carboxylic acids is 1. The van der Waals surface area contributed by atoms with Gasteiger partial charge in [0.15, 0.2) is 0 Å². The van der Waals surface area contributed by atoms with Crippen LogP contribution in [0.3, 0.4) is 0 Å². The second-order valence-corrected chi connectivity index (χ2v) is 4.57. The molecule has 0 aromatic heterocycles. The van der Waals surface area contributed by atoms with Gasteiger partial charge >= 0.3 is 5.97 Å². The predicted octanol–water partition coefficient (Wildman–Crippen LogP) is -0.791. The molecular weight excluding hydrogens is 238 g/mol. The maximum Gasteiger partial charge on any atom is 0.305 e. The van der Waals surface area contributed by atoms with E-state index in [-0.39, 0.29) is 5.91 Å². The van der Waals surface area contributed by atoms with Gasteiger partial charge in [-0.2, -0.15) is 0 Å². The number of nitrogens with two attached hydrogens (primary N) is 1. The van der Waals surface area contributed by atoms with Crippen LogP contribution in [0.2, 0.25) is 0 Å².